The Hall–Kier alpha value is -0.120. The lowest BCUT2D eigenvalue weighted by atomic mass is 9.84. The maximum Gasteiger partial charge on any atom is 0.0587 e. The predicted octanol–water partition coefficient (Wildman–Crippen LogP) is 3.42. The van der Waals surface area contributed by atoms with Gasteiger partial charge >= 0.3 is 0 Å². The molecular weight excluding hydrogens is 272 g/mol. The quantitative estimate of drug-likeness (QED) is 0.756. The number of aliphatic hydroxyl groups is 1. The fourth-order valence-electron chi connectivity index (χ4n) is 4.59. The molecule has 2 rings (SSSR count). The number of hydrogen-bond acceptors (Lipinski definition) is 3. The zero-order chi connectivity index (χ0) is 15.9. The van der Waals surface area contributed by atoms with Crippen LogP contribution in [0.4, 0.5) is 0 Å². The van der Waals surface area contributed by atoms with E-state index in [9.17, 15) is 5.11 Å². The Morgan fingerprint density at radius 1 is 1.14 bits per heavy atom. The summed E-state index contributed by atoms with van der Waals surface area (Å²) in [7, 11) is 0. The van der Waals surface area contributed by atoms with Crippen molar-refractivity contribution in [3.63, 3.8) is 0 Å². The molecule has 22 heavy (non-hydrogen) atoms. The molecule has 0 aromatic rings. The topological polar surface area (TPSA) is 35.5 Å². The normalized spacial score (nSPS) is 31.1. The van der Waals surface area contributed by atoms with Gasteiger partial charge in [0.05, 0.1) is 6.61 Å². The van der Waals surface area contributed by atoms with E-state index in [-0.39, 0.29) is 12.6 Å². The smallest absolute Gasteiger partial charge is 0.0587 e. The fourth-order valence-corrected chi connectivity index (χ4v) is 4.59. The first-order valence-corrected chi connectivity index (χ1v) is 9.76. The highest BCUT2D eigenvalue weighted by molar-refractivity contribution is 4.87. The molecule has 2 fully saturated rings. The van der Waals surface area contributed by atoms with E-state index in [1.807, 2.05) is 0 Å². The van der Waals surface area contributed by atoms with Crippen LogP contribution in [-0.4, -0.2) is 47.8 Å². The Balaban J connectivity index is 1.76. The molecule has 0 bridgehead atoms. The average Bonchev–Trinajstić information content (AvgIpc) is 2.54. The molecule has 4 unspecified atom stereocenters. The molecule has 0 aromatic carbocycles. The van der Waals surface area contributed by atoms with Crippen LogP contribution in [0.2, 0.25) is 0 Å². The van der Waals surface area contributed by atoms with Gasteiger partial charge in [0.2, 0.25) is 0 Å². The van der Waals surface area contributed by atoms with E-state index >= 15 is 0 Å². The fraction of sp³-hybridized carbons (Fsp3) is 1.00. The third-order valence-electron chi connectivity index (χ3n) is 6.14. The maximum absolute atomic E-state index is 9.67. The van der Waals surface area contributed by atoms with Crippen molar-refractivity contribution in [1.29, 1.82) is 0 Å². The van der Waals surface area contributed by atoms with Gasteiger partial charge in [-0.2, -0.15) is 0 Å². The summed E-state index contributed by atoms with van der Waals surface area (Å²) in [5, 5.41) is 13.4. The molecule has 0 amide bonds. The molecular formula is C19H38N2O. The van der Waals surface area contributed by atoms with Crippen molar-refractivity contribution in [2.24, 2.45) is 11.8 Å². The summed E-state index contributed by atoms with van der Waals surface area (Å²) in [6, 6.07) is 1.72. The number of nitrogens with one attached hydrogen (secondary N) is 1. The number of nitrogens with zero attached hydrogens (tertiary/aromatic N) is 1. The largest absolute Gasteiger partial charge is 0.395 e. The first kappa shape index (κ1) is 18.2. The maximum atomic E-state index is 9.67. The van der Waals surface area contributed by atoms with E-state index in [1.165, 1.54) is 64.5 Å². The number of likely N-dealkylation sites (tertiary alicyclic amines) is 1. The number of aliphatic hydroxyl groups excluding tert-OH is 1. The summed E-state index contributed by atoms with van der Waals surface area (Å²) in [5.41, 5.74) is 0. The second-order valence-corrected chi connectivity index (χ2v) is 7.86. The van der Waals surface area contributed by atoms with Crippen molar-refractivity contribution < 1.29 is 5.11 Å². The van der Waals surface area contributed by atoms with Gasteiger partial charge in [0.25, 0.3) is 0 Å². The average molecular weight is 311 g/mol. The molecule has 0 spiro atoms. The molecule has 3 heteroatoms. The van der Waals surface area contributed by atoms with Gasteiger partial charge in [-0.25, -0.2) is 0 Å². The van der Waals surface area contributed by atoms with Gasteiger partial charge in [0.15, 0.2) is 0 Å². The summed E-state index contributed by atoms with van der Waals surface area (Å²) in [4.78, 5) is 2.76. The number of rotatable bonds is 7. The van der Waals surface area contributed by atoms with Gasteiger partial charge in [-0.15, -0.1) is 0 Å². The van der Waals surface area contributed by atoms with Crippen LogP contribution in [0.25, 0.3) is 0 Å². The zero-order valence-corrected chi connectivity index (χ0v) is 15.1. The highest BCUT2D eigenvalue weighted by atomic mass is 16.3. The van der Waals surface area contributed by atoms with Crippen LogP contribution < -0.4 is 5.32 Å². The second-order valence-electron chi connectivity index (χ2n) is 7.86. The lowest BCUT2D eigenvalue weighted by Crippen LogP contribution is -2.52. The van der Waals surface area contributed by atoms with E-state index < -0.39 is 0 Å². The van der Waals surface area contributed by atoms with Crippen LogP contribution in [0.3, 0.4) is 0 Å². The molecule has 1 aliphatic heterocycles. The van der Waals surface area contributed by atoms with Crippen molar-refractivity contribution in [3.05, 3.63) is 0 Å². The van der Waals surface area contributed by atoms with Gasteiger partial charge in [0.1, 0.15) is 0 Å². The van der Waals surface area contributed by atoms with E-state index in [4.69, 9.17) is 0 Å². The van der Waals surface area contributed by atoms with Gasteiger partial charge in [-0.05, 0) is 57.0 Å². The van der Waals surface area contributed by atoms with Crippen molar-refractivity contribution in [1.82, 2.24) is 10.2 Å². The first-order chi connectivity index (χ1) is 10.7. The van der Waals surface area contributed by atoms with Gasteiger partial charge in [-0.1, -0.05) is 40.0 Å². The third kappa shape index (κ3) is 4.94. The minimum Gasteiger partial charge on any atom is -0.395 e. The zero-order valence-electron chi connectivity index (χ0n) is 15.1. The lowest BCUT2D eigenvalue weighted by Gasteiger charge is -2.43. The van der Waals surface area contributed by atoms with E-state index in [2.05, 4.69) is 31.0 Å². The standard InChI is InChI=1S/C19H38N2O/c1-4-7-15(2)18(14-22)20-17-10-12-21(13-11-17)19-9-6-5-8-16(19)3/h15-20,22H,4-14H2,1-3H3. The van der Waals surface area contributed by atoms with Crippen LogP contribution >= 0.6 is 0 Å². The monoisotopic (exact) mass is 310 g/mol. The summed E-state index contributed by atoms with van der Waals surface area (Å²) in [6.07, 6.45) is 10.6. The van der Waals surface area contributed by atoms with Crippen LogP contribution in [-0.2, 0) is 0 Å². The SMILES string of the molecule is CCCC(C)C(CO)NC1CCN(C2CCCCC2C)CC1. The Morgan fingerprint density at radius 3 is 2.41 bits per heavy atom. The highest BCUT2D eigenvalue weighted by Crippen LogP contribution is 2.30. The molecule has 2 N–H and O–H groups in total. The highest BCUT2D eigenvalue weighted by Gasteiger charge is 2.31. The first-order valence-electron chi connectivity index (χ1n) is 9.76. The summed E-state index contributed by atoms with van der Waals surface area (Å²) >= 11 is 0. The summed E-state index contributed by atoms with van der Waals surface area (Å²) < 4.78 is 0. The third-order valence-corrected chi connectivity index (χ3v) is 6.14. The van der Waals surface area contributed by atoms with E-state index in [0.717, 1.165) is 12.0 Å². The Bertz CT molecular complexity index is 302. The van der Waals surface area contributed by atoms with Crippen molar-refractivity contribution in [2.45, 2.75) is 90.3 Å². The molecule has 0 aromatic heterocycles. The van der Waals surface area contributed by atoms with Crippen molar-refractivity contribution in [3.8, 4) is 0 Å². The number of hydrogen-bond donors (Lipinski definition) is 2. The van der Waals surface area contributed by atoms with Crippen LogP contribution in [0.15, 0.2) is 0 Å². The minimum atomic E-state index is 0.279. The van der Waals surface area contributed by atoms with E-state index in [0.29, 0.717) is 12.0 Å². The summed E-state index contributed by atoms with van der Waals surface area (Å²) in [6.45, 7) is 9.72. The molecule has 1 saturated heterocycles. The Kier molecular flexibility index (Phi) is 7.66. The number of piperidine rings is 1. The van der Waals surface area contributed by atoms with Gasteiger partial charge in [0, 0.05) is 18.1 Å². The molecule has 1 aliphatic carbocycles. The molecule has 3 nitrogen and oxygen atoms in total. The van der Waals surface area contributed by atoms with Gasteiger partial charge in [-0.3, -0.25) is 0 Å². The Labute approximate surface area is 137 Å². The lowest BCUT2D eigenvalue weighted by molar-refractivity contribution is 0.0744. The van der Waals surface area contributed by atoms with Crippen LogP contribution in [0, 0.1) is 11.8 Å². The Morgan fingerprint density at radius 2 is 1.82 bits per heavy atom. The summed E-state index contributed by atoms with van der Waals surface area (Å²) in [5.74, 6) is 1.46. The molecule has 4 atom stereocenters. The molecule has 1 heterocycles. The molecule has 130 valence electrons. The molecule has 0 radical (unpaired) electrons. The van der Waals surface area contributed by atoms with Crippen LogP contribution in [0.1, 0.15) is 72.1 Å². The predicted molar refractivity (Wildman–Crippen MR) is 94.1 cm³/mol. The van der Waals surface area contributed by atoms with Crippen LogP contribution in [0.5, 0.6) is 0 Å². The van der Waals surface area contributed by atoms with Crippen molar-refractivity contribution in [2.75, 3.05) is 19.7 Å². The molecule has 1 saturated carbocycles. The van der Waals surface area contributed by atoms with E-state index in [1.54, 1.807) is 0 Å². The molecule has 2 aliphatic rings. The minimum absolute atomic E-state index is 0.279. The van der Waals surface area contributed by atoms with Gasteiger partial charge < -0.3 is 15.3 Å². The van der Waals surface area contributed by atoms with Crippen molar-refractivity contribution >= 4 is 0 Å². The second kappa shape index (κ2) is 9.24.